The smallest absolute Gasteiger partial charge is 0.406 e. The molecule has 21 heavy (non-hydrogen) atoms. The molecule has 0 aliphatic carbocycles. The highest BCUT2D eigenvalue weighted by molar-refractivity contribution is 5.31. The summed E-state index contributed by atoms with van der Waals surface area (Å²) in [5, 5.41) is 12.5. The maximum atomic E-state index is 12.2. The molecular weight excluding hydrogens is 285 g/mol. The van der Waals surface area contributed by atoms with Crippen LogP contribution in [0.4, 0.5) is 13.2 Å². The van der Waals surface area contributed by atoms with Crippen molar-refractivity contribution < 1.29 is 23.0 Å². The fraction of sp³-hybridized carbons (Fsp3) is 0.571. The van der Waals surface area contributed by atoms with Crippen LogP contribution in [0.1, 0.15) is 31.9 Å². The highest BCUT2D eigenvalue weighted by Crippen LogP contribution is 2.25. The summed E-state index contributed by atoms with van der Waals surface area (Å²) in [6.45, 7) is 3.78. The van der Waals surface area contributed by atoms with Gasteiger partial charge in [0.2, 0.25) is 0 Å². The van der Waals surface area contributed by atoms with Gasteiger partial charge < -0.3 is 20.9 Å². The van der Waals surface area contributed by atoms with Crippen molar-refractivity contribution in [2.45, 2.75) is 44.8 Å². The van der Waals surface area contributed by atoms with Crippen LogP contribution in [0.3, 0.4) is 0 Å². The van der Waals surface area contributed by atoms with Crippen molar-refractivity contribution in [3.63, 3.8) is 0 Å². The van der Waals surface area contributed by atoms with E-state index in [2.05, 4.69) is 10.1 Å². The topological polar surface area (TPSA) is 67.5 Å². The van der Waals surface area contributed by atoms with Gasteiger partial charge in [0, 0.05) is 18.6 Å². The summed E-state index contributed by atoms with van der Waals surface area (Å²) in [6.07, 6.45) is -4.66. The van der Waals surface area contributed by atoms with E-state index in [-0.39, 0.29) is 24.4 Å². The molecule has 0 spiro atoms. The molecule has 1 aromatic carbocycles. The number of hydrogen-bond donors (Lipinski definition) is 3. The minimum atomic E-state index is -4.72. The summed E-state index contributed by atoms with van der Waals surface area (Å²) in [5.74, 6) is -0.275. The number of hydrogen-bond acceptors (Lipinski definition) is 4. The first-order valence-corrected chi connectivity index (χ1v) is 6.71. The molecule has 0 heterocycles. The average molecular weight is 306 g/mol. The zero-order chi connectivity index (χ0) is 16.0. The van der Waals surface area contributed by atoms with E-state index in [9.17, 15) is 18.3 Å². The van der Waals surface area contributed by atoms with Crippen LogP contribution in [0, 0.1) is 0 Å². The van der Waals surface area contributed by atoms with Gasteiger partial charge in [-0.25, -0.2) is 0 Å². The molecular formula is C14H21F3N2O2. The van der Waals surface area contributed by atoms with Crippen molar-refractivity contribution in [3.8, 4) is 5.75 Å². The maximum absolute atomic E-state index is 12.2. The number of ether oxygens (including phenoxy) is 1. The number of nitrogens with two attached hydrogens (primary N) is 1. The fourth-order valence-corrected chi connectivity index (χ4v) is 2.15. The van der Waals surface area contributed by atoms with Gasteiger partial charge in [-0.1, -0.05) is 12.1 Å². The molecule has 7 heteroatoms. The SMILES string of the molecule is CC(O)CC(C)NC(CN)c1cccc(OC(F)(F)F)c1. The second-order valence-corrected chi connectivity index (χ2v) is 5.06. The van der Waals surface area contributed by atoms with Crippen LogP contribution in [-0.4, -0.2) is 30.2 Å². The predicted octanol–water partition coefficient (Wildman–Crippen LogP) is 2.33. The fourth-order valence-electron chi connectivity index (χ4n) is 2.15. The number of aliphatic hydroxyl groups is 1. The molecule has 0 fully saturated rings. The molecule has 0 aliphatic rings. The van der Waals surface area contributed by atoms with Gasteiger partial charge in [-0.2, -0.15) is 0 Å². The minimum absolute atomic E-state index is 0.0225. The summed E-state index contributed by atoms with van der Waals surface area (Å²) in [5.41, 5.74) is 6.28. The van der Waals surface area contributed by atoms with Crippen molar-refractivity contribution >= 4 is 0 Å². The van der Waals surface area contributed by atoms with Gasteiger partial charge >= 0.3 is 6.36 Å². The van der Waals surface area contributed by atoms with E-state index in [0.717, 1.165) is 0 Å². The number of aliphatic hydroxyl groups excluding tert-OH is 1. The number of rotatable bonds is 7. The van der Waals surface area contributed by atoms with E-state index in [1.54, 1.807) is 13.0 Å². The molecule has 3 unspecified atom stereocenters. The second-order valence-electron chi connectivity index (χ2n) is 5.06. The average Bonchev–Trinajstić information content (AvgIpc) is 2.33. The van der Waals surface area contributed by atoms with Crippen LogP contribution in [0.5, 0.6) is 5.75 Å². The van der Waals surface area contributed by atoms with Gasteiger partial charge in [0.1, 0.15) is 5.75 Å². The van der Waals surface area contributed by atoms with Gasteiger partial charge in [0.05, 0.1) is 6.10 Å². The molecule has 0 radical (unpaired) electrons. The monoisotopic (exact) mass is 306 g/mol. The molecule has 4 N–H and O–H groups in total. The summed E-state index contributed by atoms with van der Waals surface area (Å²) in [6, 6.07) is 5.39. The minimum Gasteiger partial charge on any atom is -0.406 e. The molecule has 1 aromatic rings. The Labute approximate surface area is 122 Å². The highest BCUT2D eigenvalue weighted by Gasteiger charge is 2.31. The third-order valence-electron chi connectivity index (χ3n) is 2.91. The van der Waals surface area contributed by atoms with E-state index < -0.39 is 12.5 Å². The third kappa shape index (κ3) is 6.79. The molecule has 3 atom stereocenters. The summed E-state index contributed by atoms with van der Waals surface area (Å²) < 4.78 is 40.6. The lowest BCUT2D eigenvalue weighted by Gasteiger charge is -2.24. The van der Waals surface area contributed by atoms with Crippen LogP contribution >= 0.6 is 0 Å². The van der Waals surface area contributed by atoms with Crippen molar-refractivity contribution in [1.29, 1.82) is 0 Å². The lowest BCUT2D eigenvalue weighted by molar-refractivity contribution is -0.274. The van der Waals surface area contributed by atoms with Crippen molar-refractivity contribution in [2.24, 2.45) is 5.73 Å². The zero-order valence-corrected chi connectivity index (χ0v) is 12.0. The van der Waals surface area contributed by atoms with Crippen LogP contribution < -0.4 is 15.8 Å². The molecule has 0 saturated heterocycles. The standard InChI is InChI=1S/C14H21F3N2O2/c1-9(6-10(2)20)19-13(8-18)11-4-3-5-12(7-11)21-14(15,16)17/h3-5,7,9-10,13,19-20H,6,8,18H2,1-2H3. The van der Waals surface area contributed by atoms with E-state index in [1.165, 1.54) is 18.2 Å². The maximum Gasteiger partial charge on any atom is 0.573 e. The summed E-state index contributed by atoms with van der Waals surface area (Å²) >= 11 is 0. The Bertz CT molecular complexity index is 438. The van der Waals surface area contributed by atoms with Gasteiger partial charge in [-0.15, -0.1) is 13.2 Å². The number of halogens is 3. The molecule has 4 nitrogen and oxygen atoms in total. The summed E-state index contributed by atoms with van der Waals surface area (Å²) in [4.78, 5) is 0. The Balaban J connectivity index is 2.78. The van der Waals surface area contributed by atoms with E-state index in [0.29, 0.717) is 12.0 Å². The molecule has 0 bridgehead atoms. The Kier molecular flexibility index (Phi) is 6.44. The van der Waals surface area contributed by atoms with Gasteiger partial charge in [-0.05, 0) is 38.0 Å². The Morgan fingerprint density at radius 1 is 1.33 bits per heavy atom. The van der Waals surface area contributed by atoms with Crippen LogP contribution in [0.25, 0.3) is 0 Å². The van der Waals surface area contributed by atoms with Gasteiger partial charge in [0.25, 0.3) is 0 Å². The molecule has 0 saturated carbocycles. The van der Waals surface area contributed by atoms with Crippen molar-refractivity contribution in [3.05, 3.63) is 29.8 Å². The number of nitrogens with one attached hydrogen (secondary N) is 1. The van der Waals surface area contributed by atoms with Crippen LogP contribution in [0.15, 0.2) is 24.3 Å². The zero-order valence-electron chi connectivity index (χ0n) is 12.0. The van der Waals surface area contributed by atoms with Crippen molar-refractivity contribution in [1.82, 2.24) is 5.32 Å². The second kappa shape index (κ2) is 7.63. The third-order valence-corrected chi connectivity index (χ3v) is 2.91. The van der Waals surface area contributed by atoms with Crippen molar-refractivity contribution in [2.75, 3.05) is 6.54 Å². The van der Waals surface area contributed by atoms with Gasteiger partial charge in [-0.3, -0.25) is 0 Å². The highest BCUT2D eigenvalue weighted by atomic mass is 19.4. The molecule has 0 amide bonds. The molecule has 0 aromatic heterocycles. The number of benzene rings is 1. The quantitative estimate of drug-likeness (QED) is 0.723. The van der Waals surface area contributed by atoms with Crippen LogP contribution in [-0.2, 0) is 0 Å². The van der Waals surface area contributed by atoms with Gasteiger partial charge in [0.15, 0.2) is 0 Å². The first-order chi connectivity index (χ1) is 9.71. The molecule has 1 rings (SSSR count). The predicted molar refractivity (Wildman–Crippen MR) is 73.8 cm³/mol. The van der Waals surface area contributed by atoms with E-state index in [4.69, 9.17) is 5.73 Å². The normalized spacial score (nSPS) is 16.3. The Morgan fingerprint density at radius 2 is 2.00 bits per heavy atom. The van der Waals surface area contributed by atoms with Crippen LogP contribution in [0.2, 0.25) is 0 Å². The first kappa shape index (κ1) is 17.7. The molecule has 120 valence electrons. The largest absolute Gasteiger partial charge is 0.573 e. The van der Waals surface area contributed by atoms with E-state index >= 15 is 0 Å². The van der Waals surface area contributed by atoms with E-state index in [1.807, 2.05) is 6.92 Å². The Morgan fingerprint density at radius 3 is 2.52 bits per heavy atom. The summed E-state index contributed by atoms with van der Waals surface area (Å²) in [7, 11) is 0. The Hall–Kier alpha value is -1.31. The molecule has 0 aliphatic heterocycles. The first-order valence-electron chi connectivity index (χ1n) is 6.71. The lowest BCUT2D eigenvalue weighted by Crippen LogP contribution is -2.36. The lowest BCUT2D eigenvalue weighted by atomic mass is 10.0. The number of alkyl halides is 3.